The van der Waals surface area contributed by atoms with Gasteiger partial charge in [-0.2, -0.15) is 0 Å². The molecule has 178 valence electrons. The third kappa shape index (κ3) is 5.31. The van der Waals surface area contributed by atoms with Gasteiger partial charge < -0.3 is 14.6 Å². The van der Waals surface area contributed by atoms with E-state index < -0.39 is 5.97 Å². The van der Waals surface area contributed by atoms with Crippen LogP contribution in [0.25, 0.3) is 18.3 Å². The Bertz CT molecular complexity index is 1520. The molecule has 0 aliphatic heterocycles. The number of benzene rings is 3. The summed E-state index contributed by atoms with van der Waals surface area (Å²) in [7, 11) is 0. The van der Waals surface area contributed by atoms with E-state index in [2.05, 4.69) is 11.7 Å². The highest BCUT2D eigenvalue weighted by atomic mass is 35.5. The first kappa shape index (κ1) is 23.9. The van der Waals surface area contributed by atoms with E-state index in [4.69, 9.17) is 26.2 Å². The van der Waals surface area contributed by atoms with Crippen molar-refractivity contribution in [2.45, 2.75) is 13.5 Å². The first-order valence-corrected chi connectivity index (χ1v) is 11.2. The van der Waals surface area contributed by atoms with Crippen molar-refractivity contribution in [3.8, 4) is 17.2 Å². The first-order valence-electron chi connectivity index (χ1n) is 10.9. The number of hydrogen-bond donors (Lipinski definition) is 2. The fraction of sp³-hybridized carbons (Fsp3) is 0.111. The van der Waals surface area contributed by atoms with Crippen molar-refractivity contribution in [1.82, 2.24) is 9.78 Å². The van der Waals surface area contributed by atoms with E-state index >= 15 is 0 Å². The number of nitrogens with one attached hydrogen (secondary N) is 1. The van der Waals surface area contributed by atoms with Crippen LogP contribution in [0.15, 0.2) is 71.5 Å². The standard InChI is InChI=1S/C27H23ClN2O5/c1-3-34-24-15-19(14-23(28)25(24)35-16-18-7-5-4-6-8-18)13-22-17(2)29-30(26(22)31)21-11-9-20(10-12-21)27(32)33/h4-15,29H,2-3,16H2,1H3,(H,32,33)/b22-13-. The van der Waals surface area contributed by atoms with Gasteiger partial charge in [0.05, 0.1) is 33.4 Å². The molecule has 35 heavy (non-hydrogen) atoms. The van der Waals surface area contributed by atoms with Crippen LogP contribution in [0.3, 0.4) is 0 Å². The quantitative estimate of drug-likeness (QED) is 0.392. The average Bonchev–Trinajstić information content (AvgIpc) is 3.13. The lowest BCUT2D eigenvalue weighted by atomic mass is 10.1. The first-order chi connectivity index (χ1) is 16.9. The Balaban J connectivity index is 1.70. The number of aromatic carboxylic acids is 1. The van der Waals surface area contributed by atoms with Gasteiger partial charge in [0.25, 0.3) is 5.56 Å². The van der Waals surface area contributed by atoms with Crippen LogP contribution in [0.2, 0.25) is 5.02 Å². The number of nitrogens with zero attached hydrogens (tertiary/aromatic N) is 1. The van der Waals surface area contributed by atoms with E-state index in [0.29, 0.717) is 51.6 Å². The number of carbonyl (C=O) groups is 1. The van der Waals surface area contributed by atoms with Crippen molar-refractivity contribution < 1.29 is 19.4 Å². The molecule has 0 radical (unpaired) electrons. The molecule has 0 atom stereocenters. The van der Waals surface area contributed by atoms with Gasteiger partial charge in [-0.25, -0.2) is 9.48 Å². The number of H-pyrrole nitrogens is 1. The normalized spacial score (nSPS) is 11.4. The van der Waals surface area contributed by atoms with Gasteiger partial charge in [0.1, 0.15) is 6.61 Å². The highest BCUT2D eigenvalue weighted by Crippen LogP contribution is 2.37. The highest BCUT2D eigenvalue weighted by Gasteiger charge is 2.13. The van der Waals surface area contributed by atoms with E-state index in [1.807, 2.05) is 37.3 Å². The molecular formula is C27H23ClN2O5. The zero-order chi connectivity index (χ0) is 24.9. The molecule has 0 saturated carbocycles. The number of halogens is 1. The zero-order valence-corrected chi connectivity index (χ0v) is 19.7. The molecule has 8 heteroatoms. The second-order valence-electron chi connectivity index (χ2n) is 7.68. The largest absolute Gasteiger partial charge is 0.490 e. The number of aromatic nitrogens is 2. The second kappa shape index (κ2) is 10.4. The average molecular weight is 491 g/mol. The molecule has 4 rings (SSSR count). The van der Waals surface area contributed by atoms with E-state index in [0.717, 1.165) is 5.56 Å². The molecule has 2 N–H and O–H groups in total. The maximum absolute atomic E-state index is 13.1. The topological polar surface area (TPSA) is 93.6 Å². The highest BCUT2D eigenvalue weighted by molar-refractivity contribution is 6.32. The Hall–Kier alpha value is -4.23. The molecule has 0 bridgehead atoms. The van der Waals surface area contributed by atoms with Crippen LogP contribution in [0, 0.1) is 0 Å². The summed E-state index contributed by atoms with van der Waals surface area (Å²) in [5, 5.41) is 13.1. The fourth-order valence-electron chi connectivity index (χ4n) is 3.55. The van der Waals surface area contributed by atoms with Crippen molar-refractivity contribution in [2.75, 3.05) is 6.61 Å². The molecule has 4 aromatic rings. The summed E-state index contributed by atoms with van der Waals surface area (Å²) < 4.78 is 13.0. The Morgan fingerprint density at radius 3 is 2.49 bits per heavy atom. The Labute approximate surface area is 206 Å². The van der Waals surface area contributed by atoms with Crippen LogP contribution in [-0.4, -0.2) is 27.5 Å². The van der Waals surface area contributed by atoms with Crippen LogP contribution in [0.4, 0.5) is 0 Å². The molecule has 0 fully saturated rings. The number of ether oxygens (including phenoxy) is 2. The van der Waals surface area contributed by atoms with Crippen molar-refractivity contribution >= 4 is 30.2 Å². The zero-order valence-electron chi connectivity index (χ0n) is 19.0. The molecule has 0 aliphatic rings. The van der Waals surface area contributed by atoms with Gasteiger partial charge in [-0.05, 0) is 60.5 Å². The third-order valence-electron chi connectivity index (χ3n) is 5.25. The minimum Gasteiger partial charge on any atom is -0.490 e. The molecule has 1 aromatic heterocycles. The third-order valence-corrected chi connectivity index (χ3v) is 5.53. The molecule has 0 aliphatic carbocycles. The van der Waals surface area contributed by atoms with Crippen LogP contribution in [0.5, 0.6) is 11.5 Å². The van der Waals surface area contributed by atoms with E-state index in [9.17, 15) is 9.59 Å². The second-order valence-corrected chi connectivity index (χ2v) is 8.09. The molecule has 0 amide bonds. The predicted octanol–water partition coefficient (Wildman–Crippen LogP) is 3.73. The van der Waals surface area contributed by atoms with Crippen LogP contribution in [0.1, 0.15) is 28.4 Å². The van der Waals surface area contributed by atoms with E-state index in [1.54, 1.807) is 30.3 Å². The predicted molar refractivity (Wildman–Crippen MR) is 135 cm³/mol. The Kier molecular flexibility index (Phi) is 7.08. The van der Waals surface area contributed by atoms with Gasteiger partial charge in [0, 0.05) is 0 Å². The molecule has 0 spiro atoms. The fourth-order valence-corrected chi connectivity index (χ4v) is 3.82. The Morgan fingerprint density at radius 1 is 1.11 bits per heavy atom. The SMILES string of the molecule is C=c1[nH]n(-c2ccc(C(=O)O)cc2)c(=O)/c1=C\c1cc(Cl)c(OCc2ccccc2)c(OCC)c1. The van der Waals surface area contributed by atoms with Crippen molar-refractivity contribution in [3.05, 3.63) is 109 Å². The van der Waals surface area contributed by atoms with Crippen LogP contribution >= 0.6 is 11.6 Å². The minimum absolute atomic E-state index is 0.127. The minimum atomic E-state index is -1.04. The molecule has 7 nitrogen and oxygen atoms in total. The smallest absolute Gasteiger partial charge is 0.335 e. The summed E-state index contributed by atoms with van der Waals surface area (Å²) in [6.45, 7) is 6.54. The van der Waals surface area contributed by atoms with Gasteiger partial charge in [-0.3, -0.25) is 9.89 Å². The van der Waals surface area contributed by atoms with Crippen molar-refractivity contribution in [2.24, 2.45) is 0 Å². The lowest BCUT2D eigenvalue weighted by molar-refractivity contribution is 0.0697. The maximum Gasteiger partial charge on any atom is 0.335 e. The van der Waals surface area contributed by atoms with Gasteiger partial charge in [0.15, 0.2) is 11.5 Å². The summed E-state index contributed by atoms with van der Waals surface area (Å²) in [6.07, 6.45) is 1.67. The van der Waals surface area contributed by atoms with Crippen LogP contribution in [-0.2, 0) is 6.61 Å². The van der Waals surface area contributed by atoms with Crippen LogP contribution < -0.4 is 25.6 Å². The monoisotopic (exact) mass is 490 g/mol. The van der Waals surface area contributed by atoms with Crippen molar-refractivity contribution in [3.63, 3.8) is 0 Å². The lowest BCUT2D eigenvalue weighted by Gasteiger charge is -2.14. The number of carboxylic acid groups (broad SMARTS) is 1. The summed E-state index contributed by atoms with van der Waals surface area (Å²) in [4.78, 5) is 24.2. The lowest BCUT2D eigenvalue weighted by Crippen LogP contribution is -2.33. The van der Waals surface area contributed by atoms with Gasteiger partial charge in [-0.15, -0.1) is 0 Å². The summed E-state index contributed by atoms with van der Waals surface area (Å²) in [6, 6.07) is 19.1. The van der Waals surface area contributed by atoms with Crippen molar-refractivity contribution in [1.29, 1.82) is 0 Å². The maximum atomic E-state index is 13.1. The number of rotatable bonds is 8. The summed E-state index contributed by atoms with van der Waals surface area (Å²) in [5.74, 6) is -0.150. The summed E-state index contributed by atoms with van der Waals surface area (Å²) in [5.41, 5.74) is 1.91. The van der Waals surface area contributed by atoms with Gasteiger partial charge in [-0.1, -0.05) is 48.5 Å². The molecule has 3 aromatic carbocycles. The molecule has 0 saturated heterocycles. The van der Waals surface area contributed by atoms with E-state index in [-0.39, 0.29) is 11.1 Å². The summed E-state index contributed by atoms with van der Waals surface area (Å²) >= 11 is 6.54. The number of carboxylic acids is 1. The molecular weight excluding hydrogens is 468 g/mol. The molecule has 0 unspecified atom stereocenters. The van der Waals surface area contributed by atoms with Gasteiger partial charge >= 0.3 is 5.97 Å². The van der Waals surface area contributed by atoms with E-state index in [1.165, 1.54) is 16.8 Å². The number of aromatic amines is 1. The Morgan fingerprint density at radius 2 is 1.83 bits per heavy atom. The number of hydrogen-bond acceptors (Lipinski definition) is 4. The van der Waals surface area contributed by atoms with Gasteiger partial charge in [0.2, 0.25) is 0 Å². The molecule has 1 heterocycles.